The first-order chi connectivity index (χ1) is 9.36. The number of nitriles is 1. The number of carboxylic acid groups (broad SMARTS) is 2. The maximum absolute atomic E-state index is 11.1. The van der Waals surface area contributed by atoms with Crippen LogP contribution in [0.5, 0.6) is 0 Å². The number of carboxylic acids is 2. The molecule has 9 nitrogen and oxygen atoms in total. The topological polar surface area (TPSA) is 157 Å². The maximum Gasteiger partial charge on any atom is 0.394 e. The molecule has 0 spiro atoms. The molecule has 0 unspecified atom stereocenters. The van der Waals surface area contributed by atoms with Gasteiger partial charge in [0.25, 0.3) is 0 Å². The molecule has 4 N–H and O–H groups in total. The number of carbonyl (C=O) groups is 4. The van der Waals surface area contributed by atoms with Gasteiger partial charge in [0.15, 0.2) is 0 Å². The zero-order chi connectivity index (χ0) is 15.3. The number of carbonyl (C=O) groups excluding carboxylic acids is 2. The molecule has 102 valence electrons. The summed E-state index contributed by atoms with van der Waals surface area (Å²) >= 11 is 0. The number of para-hydroxylation sites is 1. The molecule has 0 saturated heterocycles. The van der Waals surface area contributed by atoms with Crippen molar-refractivity contribution in [3.8, 4) is 6.07 Å². The molecule has 0 saturated carbocycles. The third kappa shape index (κ3) is 3.30. The van der Waals surface area contributed by atoms with Crippen LogP contribution in [0.3, 0.4) is 0 Å². The summed E-state index contributed by atoms with van der Waals surface area (Å²) in [5, 5.41) is 29.7. The average Bonchev–Trinajstić information content (AvgIpc) is 2.39. The lowest BCUT2D eigenvalue weighted by molar-refractivity contribution is -0.147. The van der Waals surface area contributed by atoms with Gasteiger partial charge in [0.2, 0.25) is 0 Å². The average molecular weight is 277 g/mol. The number of nitrogens with zero attached hydrogens (tertiary/aromatic N) is 1. The molecule has 1 rings (SSSR count). The van der Waals surface area contributed by atoms with Crippen molar-refractivity contribution in [3.63, 3.8) is 0 Å². The molecule has 0 aromatic heterocycles. The second-order valence-electron chi connectivity index (χ2n) is 3.36. The van der Waals surface area contributed by atoms with Crippen LogP contribution in [0.4, 0.5) is 11.4 Å². The van der Waals surface area contributed by atoms with Gasteiger partial charge < -0.3 is 20.8 Å². The zero-order valence-corrected chi connectivity index (χ0v) is 9.71. The molecular weight excluding hydrogens is 270 g/mol. The highest BCUT2D eigenvalue weighted by Gasteiger charge is 2.19. The van der Waals surface area contributed by atoms with Crippen molar-refractivity contribution < 1.29 is 29.4 Å². The summed E-state index contributed by atoms with van der Waals surface area (Å²) in [6.07, 6.45) is 0. The lowest BCUT2D eigenvalue weighted by Gasteiger charge is -2.11. The molecule has 0 atom stereocenters. The summed E-state index contributed by atoms with van der Waals surface area (Å²) < 4.78 is 0. The van der Waals surface area contributed by atoms with E-state index < -0.39 is 23.8 Å². The van der Waals surface area contributed by atoms with Gasteiger partial charge >= 0.3 is 23.8 Å². The van der Waals surface area contributed by atoms with Crippen molar-refractivity contribution in [1.29, 1.82) is 5.26 Å². The Morgan fingerprint density at radius 3 is 2.05 bits per heavy atom. The van der Waals surface area contributed by atoms with Crippen molar-refractivity contribution in [2.24, 2.45) is 0 Å². The number of nitrogens with one attached hydrogen (secondary N) is 2. The van der Waals surface area contributed by atoms with Crippen LogP contribution >= 0.6 is 0 Å². The molecule has 9 heteroatoms. The summed E-state index contributed by atoms with van der Waals surface area (Å²) in [5.41, 5.74) is -0.633. The van der Waals surface area contributed by atoms with Crippen LogP contribution < -0.4 is 10.6 Å². The van der Waals surface area contributed by atoms with E-state index in [1.165, 1.54) is 18.2 Å². The van der Waals surface area contributed by atoms with E-state index in [0.29, 0.717) is 0 Å². The molecule has 0 fully saturated rings. The Bertz CT molecular complexity index is 646. The van der Waals surface area contributed by atoms with E-state index in [2.05, 4.69) is 0 Å². The van der Waals surface area contributed by atoms with E-state index >= 15 is 0 Å². The fraction of sp³-hybridized carbons (Fsp3) is 0. The molecule has 0 aliphatic heterocycles. The minimum Gasteiger partial charge on any atom is -0.474 e. The van der Waals surface area contributed by atoms with E-state index in [9.17, 15) is 19.2 Å². The quantitative estimate of drug-likeness (QED) is 0.536. The SMILES string of the molecule is N#Cc1cccc(NC(=O)C(=O)O)c1NC(=O)C(=O)O. The Kier molecular flexibility index (Phi) is 4.37. The third-order valence-corrected chi connectivity index (χ3v) is 2.06. The van der Waals surface area contributed by atoms with Crippen molar-refractivity contribution in [1.82, 2.24) is 0 Å². The highest BCUT2D eigenvalue weighted by molar-refractivity contribution is 6.38. The number of benzene rings is 1. The Morgan fingerprint density at radius 2 is 1.55 bits per heavy atom. The van der Waals surface area contributed by atoms with Crippen molar-refractivity contribution in [3.05, 3.63) is 23.8 Å². The largest absolute Gasteiger partial charge is 0.474 e. The van der Waals surface area contributed by atoms with Gasteiger partial charge in [-0.3, -0.25) is 9.59 Å². The Morgan fingerprint density at radius 1 is 1.00 bits per heavy atom. The third-order valence-electron chi connectivity index (χ3n) is 2.06. The lowest BCUT2D eigenvalue weighted by atomic mass is 10.1. The van der Waals surface area contributed by atoms with Crippen LogP contribution in [-0.2, 0) is 19.2 Å². The second kappa shape index (κ2) is 5.96. The molecule has 0 aliphatic rings. The minimum atomic E-state index is -1.80. The predicted octanol–water partition coefficient (Wildman–Crippen LogP) is -0.396. The van der Waals surface area contributed by atoms with Crippen LogP contribution in [0.1, 0.15) is 5.56 Å². The van der Waals surface area contributed by atoms with Crippen molar-refractivity contribution in [2.45, 2.75) is 0 Å². The lowest BCUT2D eigenvalue weighted by Crippen LogP contribution is -2.26. The first-order valence-electron chi connectivity index (χ1n) is 4.98. The van der Waals surface area contributed by atoms with Crippen LogP contribution in [0.25, 0.3) is 0 Å². The van der Waals surface area contributed by atoms with Crippen molar-refractivity contribution in [2.75, 3.05) is 10.6 Å². The number of aliphatic carboxylic acids is 2. The Labute approximate surface area is 111 Å². The Balaban J connectivity index is 3.21. The number of hydrogen-bond acceptors (Lipinski definition) is 5. The zero-order valence-electron chi connectivity index (χ0n) is 9.71. The maximum atomic E-state index is 11.1. The van der Waals surface area contributed by atoms with E-state index in [1.807, 2.05) is 10.6 Å². The fourth-order valence-electron chi connectivity index (χ4n) is 1.23. The van der Waals surface area contributed by atoms with E-state index in [4.69, 9.17) is 15.5 Å². The summed E-state index contributed by atoms with van der Waals surface area (Å²) in [5.74, 6) is -6.40. The Hall–Kier alpha value is -3.41. The van der Waals surface area contributed by atoms with E-state index in [0.717, 1.165) is 0 Å². The van der Waals surface area contributed by atoms with E-state index in [1.54, 1.807) is 6.07 Å². The van der Waals surface area contributed by atoms with Gasteiger partial charge in [-0.25, -0.2) is 9.59 Å². The van der Waals surface area contributed by atoms with Gasteiger partial charge in [-0.1, -0.05) is 6.07 Å². The molecule has 0 bridgehead atoms. The van der Waals surface area contributed by atoms with Gasteiger partial charge in [-0.2, -0.15) is 5.26 Å². The molecule has 2 amide bonds. The molecule has 0 heterocycles. The molecule has 0 radical (unpaired) electrons. The van der Waals surface area contributed by atoms with Gasteiger partial charge in [0.1, 0.15) is 6.07 Å². The number of amides is 2. The first-order valence-corrected chi connectivity index (χ1v) is 4.98. The van der Waals surface area contributed by atoms with Gasteiger partial charge in [0, 0.05) is 0 Å². The van der Waals surface area contributed by atoms with E-state index in [-0.39, 0.29) is 16.9 Å². The molecule has 1 aromatic rings. The van der Waals surface area contributed by atoms with Gasteiger partial charge in [0.05, 0.1) is 16.9 Å². The first kappa shape index (κ1) is 14.7. The number of hydrogen-bond donors (Lipinski definition) is 4. The predicted molar refractivity (Wildman–Crippen MR) is 63.7 cm³/mol. The smallest absolute Gasteiger partial charge is 0.394 e. The number of rotatable bonds is 2. The summed E-state index contributed by atoms with van der Waals surface area (Å²) in [6, 6.07) is 5.47. The molecule has 20 heavy (non-hydrogen) atoms. The normalized spacial score (nSPS) is 9.15. The minimum absolute atomic E-state index is 0.136. The summed E-state index contributed by atoms with van der Waals surface area (Å²) in [4.78, 5) is 43.1. The summed E-state index contributed by atoms with van der Waals surface area (Å²) in [6.45, 7) is 0. The monoisotopic (exact) mass is 277 g/mol. The highest BCUT2D eigenvalue weighted by Crippen LogP contribution is 2.25. The number of anilines is 2. The van der Waals surface area contributed by atoms with Crippen LogP contribution in [-0.4, -0.2) is 34.0 Å². The fourth-order valence-corrected chi connectivity index (χ4v) is 1.23. The van der Waals surface area contributed by atoms with Crippen LogP contribution in [0, 0.1) is 11.3 Å². The van der Waals surface area contributed by atoms with Crippen LogP contribution in [0.2, 0.25) is 0 Å². The molecule has 1 aromatic carbocycles. The van der Waals surface area contributed by atoms with Crippen LogP contribution in [0.15, 0.2) is 18.2 Å². The molecule has 0 aliphatic carbocycles. The van der Waals surface area contributed by atoms with Gasteiger partial charge in [-0.15, -0.1) is 0 Å². The standard InChI is InChI=1S/C11H7N3O6/c12-4-5-2-1-3-6(13-8(15)10(17)18)7(5)14-9(16)11(19)20/h1-3H,(H,13,15)(H,14,16)(H,17,18)(H,19,20). The molecular formula is C11H7N3O6. The summed E-state index contributed by atoms with van der Waals surface area (Å²) in [7, 11) is 0. The van der Waals surface area contributed by atoms with Crippen molar-refractivity contribution >= 4 is 35.1 Å². The highest BCUT2D eigenvalue weighted by atomic mass is 16.4. The second-order valence-corrected chi connectivity index (χ2v) is 3.36. The van der Waals surface area contributed by atoms with Gasteiger partial charge in [-0.05, 0) is 12.1 Å².